The third-order valence-electron chi connectivity index (χ3n) is 6.90. The minimum atomic E-state index is -0.922. The smallest absolute Gasteiger partial charge is 0.114 e. The standard InChI is InChI=1S/C36H41NO4/c1-2-15-33(37-24-29-16-7-3-8-17-29)35(40-26-31-20-11-5-12-21-31)36(41-27-32-22-13-6-14-23-32)34(38)28-39-25-30-18-9-4-10-19-30/h2-14,16-23,33-38H,1,15,24-28H2/t33-,34-,35+,36-/m0/s1. The Labute approximate surface area is 244 Å². The van der Waals surface area contributed by atoms with Crippen molar-refractivity contribution >= 4 is 0 Å². The second-order valence-corrected chi connectivity index (χ2v) is 10.1. The van der Waals surface area contributed by atoms with Crippen molar-refractivity contribution in [3.05, 3.63) is 156 Å². The van der Waals surface area contributed by atoms with Crippen molar-refractivity contribution in [1.82, 2.24) is 5.32 Å². The van der Waals surface area contributed by atoms with Crippen molar-refractivity contribution < 1.29 is 19.3 Å². The average molecular weight is 552 g/mol. The molecule has 0 radical (unpaired) electrons. The lowest BCUT2D eigenvalue weighted by atomic mass is 9.97. The summed E-state index contributed by atoms with van der Waals surface area (Å²) in [4.78, 5) is 0. The first-order chi connectivity index (χ1) is 20.2. The van der Waals surface area contributed by atoms with E-state index in [0.717, 1.165) is 22.3 Å². The van der Waals surface area contributed by atoms with Crippen LogP contribution in [-0.2, 0) is 40.6 Å². The highest BCUT2D eigenvalue weighted by molar-refractivity contribution is 5.16. The molecular formula is C36H41NO4. The average Bonchev–Trinajstić information content (AvgIpc) is 3.03. The molecule has 214 valence electrons. The molecule has 0 unspecified atom stereocenters. The van der Waals surface area contributed by atoms with Gasteiger partial charge >= 0.3 is 0 Å². The van der Waals surface area contributed by atoms with E-state index < -0.39 is 18.3 Å². The van der Waals surface area contributed by atoms with Gasteiger partial charge in [0.2, 0.25) is 0 Å². The summed E-state index contributed by atoms with van der Waals surface area (Å²) in [5.41, 5.74) is 4.29. The van der Waals surface area contributed by atoms with Crippen LogP contribution in [0.2, 0.25) is 0 Å². The Bertz CT molecular complexity index is 1240. The number of ether oxygens (including phenoxy) is 3. The molecule has 0 aliphatic heterocycles. The molecule has 0 aliphatic carbocycles. The van der Waals surface area contributed by atoms with Gasteiger partial charge in [-0.1, -0.05) is 127 Å². The Morgan fingerprint density at radius 2 is 1.05 bits per heavy atom. The van der Waals surface area contributed by atoms with Crippen LogP contribution in [0.25, 0.3) is 0 Å². The lowest BCUT2D eigenvalue weighted by Gasteiger charge is -2.36. The molecule has 0 saturated heterocycles. The highest BCUT2D eigenvalue weighted by Crippen LogP contribution is 2.21. The first kappa shape index (κ1) is 30.4. The lowest BCUT2D eigenvalue weighted by molar-refractivity contribution is -0.156. The van der Waals surface area contributed by atoms with Gasteiger partial charge in [-0.2, -0.15) is 0 Å². The van der Waals surface area contributed by atoms with Gasteiger partial charge in [-0.15, -0.1) is 6.58 Å². The Hall–Kier alpha value is -3.58. The van der Waals surface area contributed by atoms with Crippen LogP contribution >= 0.6 is 0 Å². The number of aliphatic hydroxyl groups excluding tert-OH is 1. The van der Waals surface area contributed by atoms with Crippen molar-refractivity contribution in [2.75, 3.05) is 6.61 Å². The van der Waals surface area contributed by atoms with Crippen LogP contribution in [0.4, 0.5) is 0 Å². The van der Waals surface area contributed by atoms with Gasteiger partial charge in [0.25, 0.3) is 0 Å². The fourth-order valence-electron chi connectivity index (χ4n) is 4.72. The molecule has 4 aromatic rings. The van der Waals surface area contributed by atoms with E-state index in [1.165, 1.54) is 0 Å². The van der Waals surface area contributed by atoms with Crippen molar-refractivity contribution in [2.24, 2.45) is 0 Å². The summed E-state index contributed by atoms with van der Waals surface area (Å²) in [5.74, 6) is 0. The maximum Gasteiger partial charge on any atom is 0.114 e. The number of nitrogens with one attached hydrogen (secondary N) is 1. The van der Waals surface area contributed by atoms with E-state index in [0.29, 0.717) is 32.8 Å². The van der Waals surface area contributed by atoms with E-state index in [4.69, 9.17) is 14.2 Å². The molecule has 0 fully saturated rings. The molecule has 0 amide bonds. The third kappa shape index (κ3) is 10.4. The molecule has 0 saturated carbocycles. The Morgan fingerprint density at radius 1 is 0.610 bits per heavy atom. The van der Waals surface area contributed by atoms with Gasteiger partial charge in [0, 0.05) is 12.6 Å². The number of hydrogen-bond acceptors (Lipinski definition) is 5. The van der Waals surface area contributed by atoms with E-state index in [9.17, 15) is 5.11 Å². The summed E-state index contributed by atoms with van der Waals surface area (Å²) in [7, 11) is 0. The van der Waals surface area contributed by atoms with Crippen LogP contribution in [0.15, 0.2) is 134 Å². The molecule has 0 aromatic heterocycles. The maximum absolute atomic E-state index is 11.6. The molecule has 4 aromatic carbocycles. The molecule has 5 nitrogen and oxygen atoms in total. The van der Waals surface area contributed by atoms with Crippen LogP contribution in [0.1, 0.15) is 28.7 Å². The van der Waals surface area contributed by atoms with Crippen molar-refractivity contribution in [3.63, 3.8) is 0 Å². The summed E-state index contributed by atoms with van der Waals surface area (Å²) < 4.78 is 19.1. The first-order valence-electron chi connectivity index (χ1n) is 14.2. The number of rotatable bonds is 18. The van der Waals surface area contributed by atoms with Crippen molar-refractivity contribution in [2.45, 2.75) is 57.1 Å². The van der Waals surface area contributed by atoms with Crippen LogP contribution in [0.5, 0.6) is 0 Å². The molecule has 0 aliphatic rings. The fourth-order valence-corrected chi connectivity index (χ4v) is 4.72. The largest absolute Gasteiger partial charge is 0.388 e. The summed E-state index contributed by atoms with van der Waals surface area (Å²) in [5, 5.41) is 15.2. The predicted octanol–water partition coefficient (Wildman–Crippen LogP) is 6.47. The summed E-state index contributed by atoms with van der Waals surface area (Å²) in [6.45, 7) is 5.90. The number of aliphatic hydroxyl groups is 1. The molecule has 41 heavy (non-hydrogen) atoms. The van der Waals surface area contributed by atoms with E-state index in [1.54, 1.807) is 0 Å². The number of benzene rings is 4. The molecule has 0 heterocycles. The predicted molar refractivity (Wildman–Crippen MR) is 164 cm³/mol. The third-order valence-corrected chi connectivity index (χ3v) is 6.90. The monoisotopic (exact) mass is 551 g/mol. The van der Waals surface area contributed by atoms with Gasteiger partial charge in [0.1, 0.15) is 18.3 Å². The zero-order chi connectivity index (χ0) is 28.5. The summed E-state index contributed by atoms with van der Waals surface area (Å²) in [6.07, 6.45) is 0.441. The Balaban J connectivity index is 1.56. The maximum atomic E-state index is 11.6. The zero-order valence-corrected chi connectivity index (χ0v) is 23.6. The van der Waals surface area contributed by atoms with Gasteiger partial charge in [-0.3, -0.25) is 0 Å². The van der Waals surface area contributed by atoms with Gasteiger partial charge in [-0.05, 0) is 28.7 Å². The van der Waals surface area contributed by atoms with Gasteiger partial charge < -0.3 is 24.6 Å². The Morgan fingerprint density at radius 3 is 1.54 bits per heavy atom. The van der Waals surface area contributed by atoms with Crippen LogP contribution in [0.3, 0.4) is 0 Å². The lowest BCUT2D eigenvalue weighted by Crippen LogP contribution is -2.53. The minimum Gasteiger partial charge on any atom is -0.388 e. The molecule has 2 N–H and O–H groups in total. The van der Waals surface area contributed by atoms with Crippen molar-refractivity contribution in [3.8, 4) is 0 Å². The molecule has 0 bridgehead atoms. The quantitative estimate of drug-likeness (QED) is 0.139. The fraction of sp³-hybridized carbons (Fsp3) is 0.278. The molecule has 0 spiro atoms. The second kappa shape index (κ2) is 17.3. The number of hydrogen-bond donors (Lipinski definition) is 2. The van der Waals surface area contributed by atoms with Crippen LogP contribution in [-0.4, -0.2) is 36.1 Å². The molecule has 4 rings (SSSR count). The van der Waals surface area contributed by atoms with Crippen molar-refractivity contribution in [1.29, 1.82) is 0 Å². The van der Waals surface area contributed by atoms with Gasteiger partial charge in [-0.25, -0.2) is 0 Å². The SMILES string of the molecule is C=CC[C@H](NCc1ccccc1)[C@@H](OCc1ccccc1)[C@@H](OCc1ccccc1)[C@@H](O)COCc1ccccc1. The summed E-state index contributed by atoms with van der Waals surface area (Å²) >= 11 is 0. The van der Waals surface area contributed by atoms with Crippen LogP contribution in [0, 0.1) is 0 Å². The second-order valence-electron chi connectivity index (χ2n) is 10.1. The first-order valence-corrected chi connectivity index (χ1v) is 14.2. The van der Waals surface area contributed by atoms with Gasteiger partial charge in [0.15, 0.2) is 0 Å². The zero-order valence-electron chi connectivity index (χ0n) is 23.6. The van der Waals surface area contributed by atoms with Gasteiger partial charge in [0.05, 0.1) is 26.4 Å². The van der Waals surface area contributed by atoms with Crippen LogP contribution < -0.4 is 5.32 Å². The Kier molecular flexibility index (Phi) is 12.8. The highest BCUT2D eigenvalue weighted by atomic mass is 16.6. The topological polar surface area (TPSA) is 60.0 Å². The molecule has 4 atom stereocenters. The summed E-state index contributed by atoms with van der Waals surface area (Å²) in [6, 6.07) is 40.1. The molecular weight excluding hydrogens is 510 g/mol. The minimum absolute atomic E-state index is 0.110. The van der Waals surface area contributed by atoms with E-state index in [1.807, 2.05) is 115 Å². The normalized spacial score (nSPS) is 14.2. The van der Waals surface area contributed by atoms with E-state index >= 15 is 0 Å². The van der Waals surface area contributed by atoms with E-state index in [2.05, 4.69) is 24.0 Å². The molecule has 5 heteroatoms. The van der Waals surface area contributed by atoms with E-state index in [-0.39, 0.29) is 12.6 Å². The highest BCUT2D eigenvalue weighted by Gasteiger charge is 2.36.